The number of aryl methyl sites for hydroxylation is 1. The van der Waals surface area contributed by atoms with Gasteiger partial charge in [-0.05, 0) is 42.8 Å². The Balaban J connectivity index is 2.37. The van der Waals surface area contributed by atoms with Gasteiger partial charge in [0.25, 0.3) is 0 Å². The topological polar surface area (TPSA) is 9.23 Å². The molecule has 2 aromatic carbocycles. The SMILES string of the molecule is Cc1ccc(OC(F)(F)c2c(F)cc(C[Si])cc2F)cc1. The number of hydrogen-bond acceptors (Lipinski definition) is 1. The fourth-order valence-corrected chi connectivity index (χ4v) is 2.02. The van der Waals surface area contributed by atoms with Crippen molar-refractivity contribution in [1.29, 1.82) is 0 Å². The highest BCUT2D eigenvalue weighted by atomic mass is 28.1. The Kier molecular flexibility index (Phi) is 4.36. The van der Waals surface area contributed by atoms with Gasteiger partial charge in [0.2, 0.25) is 0 Å². The first-order valence-corrected chi connectivity index (χ1v) is 6.80. The molecule has 0 aliphatic carbocycles. The van der Waals surface area contributed by atoms with Gasteiger partial charge in [0.1, 0.15) is 22.9 Å². The Morgan fingerprint density at radius 3 is 2.05 bits per heavy atom. The van der Waals surface area contributed by atoms with Gasteiger partial charge in [-0.2, -0.15) is 8.78 Å². The summed E-state index contributed by atoms with van der Waals surface area (Å²) in [5.74, 6) is -2.87. The number of hydrogen-bond donors (Lipinski definition) is 0. The van der Waals surface area contributed by atoms with Gasteiger partial charge in [-0.1, -0.05) is 17.7 Å². The molecule has 0 fully saturated rings. The maximum absolute atomic E-state index is 14.0. The van der Waals surface area contributed by atoms with E-state index in [2.05, 4.69) is 15.0 Å². The molecule has 0 amide bonds. The van der Waals surface area contributed by atoms with Crippen LogP contribution < -0.4 is 4.74 Å². The molecular weight excluding hydrogens is 300 g/mol. The second kappa shape index (κ2) is 5.89. The van der Waals surface area contributed by atoms with Crippen molar-refractivity contribution in [2.45, 2.75) is 19.1 Å². The maximum Gasteiger partial charge on any atom is 0.432 e. The lowest BCUT2D eigenvalue weighted by Crippen LogP contribution is -2.25. The first-order chi connectivity index (χ1) is 9.83. The molecule has 0 aliphatic heterocycles. The monoisotopic (exact) mass is 311 g/mol. The molecule has 2 rings (SSSR count). The zero-order valence-electron chi connectivity index (χ0n) is 11.1. The van der Waals surface area contributed by atoms with Gasteiger partial charge in [0.15, 0.2) is 0 Å². The van der Waals surface area contributed by atoms with E-state index in [9.17, 15) is 17.6 Å². The van der Waals surface area contributed by atoms with Gasteiger partial charge in [0.05, 0.1) is 0 Å². The van der Waals surface area contributed by atoms with E-state index < -0.39 is 23.3 Å². The minimum atomic E-state index is -4.10. The average Bonchev–Trinajstić information content (AvgIpc) is 2.39. The second-order valence-corrected chi connectivity index (χ2v) is 4.90. The minimum Gasteiger partial charge on any atom is -0.429 e. The van der Waals surface area contributed by atoms with Crippen molar-refractivity contribution < 1.29 is 22.3 Å². The van der Waals surface area contributed by atoms with Crippen LogP contribution >= 0.6 is 0 Å². The highest BCUT2D eigenvalue weighted by Crippen LogP contribution is 2.35. The van der Waals surface area contributed by atoms with Crippen LogP contribution in [0.2, 0.25) is 0 Å². The summed E-state index contributed by atoms with van der Waals surface area (Å²) in [7, 11) is 3.06. The largest absolute Gasteiger partial charge is 0.432 e. The molecular formula is C15H11F4OSi. The minimum absolute atomic E-state index is 0.151. The number of rotatable bonds is 4. The predicted molar refractivity (Wildman–Crippen MR) is 71.5 cm³/mol. The van der Waals surface area contributed by atoms with E-state index in [1.54, 1.807) is 19.1 Å². The number of benzene rings is 2. The predicted octanol–water partition coefficient (Wildman–Crippen LogP) is 4.07. The smallest absolute Gasteiger partial charge is 0.429 e. The fraction of sp³-hybridized carbons (Fsp3) is 0.200. The highest BCUT2D eigenvalue weighted by molar-refractivity contribution is 6.08. The zero-order chi connectivity index (χ0) is 15.6. The van der Waals surface area contributed by atoms with Crippen molar-refractivity contribution in [2.24, 2.45) is 0 Å². The third kappa shape index (κ3) is 3.44. The number of ether oxygens (including phenoxy) is 1. The van der Waals surface area contributed by atoms with Crippen molar-refractivity contribution >= 4 is 10.2 Å². The maximum atomic E-state index is 14.0. The molecule has 0 unspecified atom stereocenters. The normalized spacial score (nSPS) is 11.5. The fourth-order valence-electron chi connectivity index (χ4n) is 1.81. The Bertz CT molecular complexity index is 618. The summed E-state index contributed by atoms with van der Waals surface area (Å²) < 4.78 is 59.9. The summed E-state index contributed by atoms with van der Waals surface area (Å²) in [6, 6.07) is 7.59. The van der Waals surface area contributed by atoms with Crippen LogP contribution in [0.3, 0.4) is 0 Å². The molecule has 0 aliphatic rings. The summed E-state index contributed by atoms with van der Waals surface area (Å²) in [5.41, 5.74) is -0.326. The standard InChI is InChI=1S/C15H11F4OSi/c1-9-2-4-11(5-3-9)20-15(18,19)14-12(16)6-10(8-21)7-13(14)17/h2-7H,8H2,1H3. The van der Waals surface area contributed by atoms with Crippen LogP contribution in [-0.4, -0.2) is 10.2 Å². The van der Waals surface area contributed by atoms with Crippen LogP contribution in [0.25, 0.3) is 0 Å². The third-order valence-electron chi connectivity index (χ3n) is 2.86. The molecule has 0 aromatic heterocycles. The number of halogens is 4. The molecule has 0 spiro atoms. The molecule has 2 aromatic rings. The van der Waals surface area contributed by atoms with E-state index in [1.807, 2.05) is 0 Å². The lowest BCUT2D eigenvalue weighted by molar-refractivity contribution is -0.189. The summed E-state index contributed by atoms with van der Waals surface area (Å²) in [5, 5.41) is 0. The van der Waals surface area contributed by atoms with Crippen LogP contribution in [0.1, 0.15) is 16.7 Å². The van der Waals surface area contributed by atoms with Gasteiger partial charge < -0.3 is 4.74 Å². The molecule has 3 radical (unpaired) electrons. The van der Waals surface area contributed by atoms with Gasteiger partial charge in [0, 0.05) is 10.2 Å². The van der Waals surface area contributed by atoms with E-state index in [0.29, 0.717) is 0 Å². The van der Waals surface area contributed by atoms with Crippen molar-refractivity contribution in [3.63, 3.8) is 0 Å². The van der Waals surface area contributed by atoms with Crippen LogP contribution in [0, 0.1) is 18.6 Å². The van der Waals surface area contributed by atoms with Crippen molar-refractivity contribution in [3.8, 4) is 5.75 Å². The quantitative estimate of drug-likeness (QED) is 0.611. The molecule has 0 atom stereocenters. The van der Waals surface area contributed by atoms with E-state index in [-0.39, 0.29) is 17.4 Å². The molecule has 109 valence electrons. The molecule has 1 nitrogen and oxygen atoms in total. The average molecular weight is 311 g/mol. The number of alkyl halides is 2. The summed E-state index contributed by atoms with van der Waals surface area (Å²) in [6.45, 7) is 1.78. The molecule has 0 heterocycles. The summed E-state index contributed by atoms with van der Waals surface area (Å²) in [6.07, 6.45) is -4.10. The second-order valence-electron chi connectivity index (χ2n) is 4.54. The zero-order valence-corrected chi connectivity index (χ0v) is 12.1. The van der Waals surface area contributed by atoms with Crippen LogP contribution in [0.15, 0.2) is 36.4 Å². The summed E-state index contributed by atoms with van der Waals surface area (Å²) >= 11 is 0. The Morgan fingerprint density at radius 1 is 1.05 bits per heavy atom. The van der Waals surface area contributed by atoms with Crippen LogP contribution in [0.4, 0.5) is 17.6 Å². The van der Waals surface area contributed by atoms with Crippen molar-refractivity contribution in [1.82, 2.24) is 0 Å². The van der Waals surface area contributed by atoms with E-state index >= 15 is 0 Å². The summed E-state index contributed by atoms with van der Waals surface area (Å²) in [4.78, 5) is 0. The molecule has 0 N–H and O–H groups in total. The third-order valence-corrected chi connectivity index (χ3v) is 3.27. The van der Waals surface area contributed by atoms with Gasteiger partial charge in [-0.15, -0.1) is 0 Å². The van der Waals surface area contributed by atoms with Gasteiger partial charge >= 0.3 is 6.11 Å². The first kappa shape index (κ1) is 15.6. The Morgan fingerprint density at radius 2 is 1.57 bits per heavy atom. The lowest BCUT2D eigenvalue weighted by atomic mass is 10.1. The Hall–Kier alpha value is -1.82. The first-order valence-electron chi connectivity index (χ1n) is 6.10. The van der Waals surface area contributed by atoms with E-state index in [4.69, 9.17) is 0 Å². The van der Waals surface area contributed by atoms with E-state index in [1.165, 1.54) is 12.1 Å². The van der Waals surface area contributed by atoms with E-state index in [0.717, 1.165) is 17.7 Å². The molecule has 6 heteroatoms. The molecule has 0 bridgehead atoms. The van der Waals surface area contributed by atoms with Gasteiger partial charge in [-0.3, -0.25) is 0 Å². The highest BCUT2D eigenvalue weighted by Gasteiger charge is 2.41. The van der Waals surface area contributed by atoms with Gasteiger partial charge in [-0.25, -0.2) is 8.78 Å². The molecule has 0 saturated heterocycles. The van der Waals surface area contributed by atoms with Crippen LogP contribution in [-0.2, 0) is 12.2 Å². The lowest BCUT2D eigenvalue weighted by Gasteiger charge is -2.20. The molecule has 0 saturated carbocycles. The van der Waals surface area contributed by atoms with Crippen molar-refractivity contribution in [3.05, 3.63) is 64.7 Å². The molecule has 21 heavy (non-hydrogen) atoms. The Labute approximate surface area is 123 Å². The van der Waals surface area contributed by atoms with Crippen molar-refractivity contribution in [2.75, 3.05) is 0 Å². The van der Waals surface area contributed by atoms with Crippen LogP contribution in [0.5, 0.6) is 5.75 Å².